The average Bonchev–Trinajstić information content (AvgIpc) is 3.13. The summed E-state index contributed by atoms with van der Waals surface area (Å²) in [6.45, 7) is 2.69. The van der Waals surface area contributed by atoms with Crippen LogP contribution >= 0.6 is 0 Å². The van der Waals surface area contributed by atoms with Crippen LogP contribution in [0.25, 0.3) is 0 Å². The van der Waals surface area contributed by atoms with E-state index in [2.05, 4.69) is 5.32 Å². The molecule has 3 amide bonds. The van der Waals surface area contributed by atoms with Gasteiger partial charge in [0.05, 0.1) is 17.2 Å². The molecule has 0 unspecified atom stereocenters. The summed E-state index contributed by atoms with van der Waals surface area (Å²) in [5, 5.41) is 2.76. The molecule has 2 heterocycles. The highest BCUT2D eigenvalue weighted by Gasteiger charge is 2.40. The first-order valence-electron chi connectivity index (χ1n) is 7.46. The molecule has 2 aliphatic rings. The molecule has 1 saturated heterocycles. The van der Waals surface area contributed by atoms with Gasteiger partial charge in [0.1, 0.15) is 6.04 Å². The molecule has 1 fully saturated rings. The molecule has 116 valence electrons. The number of benzene rings is 1. The summed E-state index contributed by atoms with van der Waals surface area (Å²) >= 11 is 0. The summed E-state index contributed by atoms with van der Waals surface area (Å²) < 4.78 is 5.44. The van der Waals surface area contributed by atoms with Gasteiger partial charge in [0.25, 0.3) is 11.8 Å². The van der Waals surface area contributed by atoms with Crippen molar-refractivity contribution in [3.63, 3.8) is 0 Å². The summed E-state index contributed by atoms with van der Waals surface area (Å²) in [6, 6.07) is 5.78. The number of amides is 3. The molecule has 0 bridgehead atoms. The molecule has 0 aromatic heterocycles. The Morgan fingerprint density at radius 1 is 1.32 bits per heavy atom. The van der Waals surface area contributed by atoms with Crippen molar-refractivity contribution in [2.24, 2.45) is 0 Å². The average molecular weight is 302 g/mol. The number of nitrogens with one attached hydrogen (secondary N) is 1. The van der Waals surface area contributed by atoms with Crippen LogP contribution in [0.2, 0.25) is 0 Å². The van der Waals surface area contributed by atoms with Gasteiger partial charge in [0.2, 0.25) is 5.91 Å². The van der Waals surface area contributed by atoms with Crippen LogP contribution in [0, 0.1) is 0 Å². The SMILES string of the molecule is C[C@@H](C(=O)NC[C@@H]1CCCO1)N1C(=O)c2ccccc2C1=O. The maximum atomic E-state index is 12.3. The van der Waals surface area contributed by atoms with E-state index in [1.165, 1.54) is 0 Å². The molecule has 0 saturated carbocycles. The van der Waals surface area contributed by atoms with Gasteiger partial charge in [-0.2, -0.15) is 0 Å². The lowest BCUT2D eigenvalue weighted by Gasteiger charge is -2.22. The van der Waals surface area contributed by atoms with E-state index in [0.717, 1.165) is 17.7 Å². The zero-order valence-electron chi connectivity index (χ0n) is 12.4. The number of ether oxygens (including phenoxy) is 1. The van der Waals surface area contributed by atoms with Gasteiger partial charge in [-0.15, -0.1) is 0 Å². The third-order valence-corrected chi connectivity index (χ3v) is 4.12. The summed E-state index contributed by atoms with van der Waals surface area (Å²) in [4.78, 5) is 37.9. The highest BCUT2D eigenvalue weighted by atomic mass is 16.5. The Balaban J connectivity index is 1.67. The summed E-state index contributed by atoms with van der Waals surface area (Å²) in [5.74, 6) is -1.18. The van der Waals surface area contributed by atoms with Crippen molar-refractivity contribution < 1.29 is 19.1 Å². The first-order chi connectivity index (χ1) is 10.6. The fraction of sp³-hybridized carbons (Fsp3) is 0.438. The second kappa shape index (κ2) is 5.88. The van der Waals surface area contributed by atoms with Gasteiger partial charge in [-0.3, -0.25) is 19.3 Å². The van der Waals surface area contributed by atoms with Crippen LogP contribution in [0.15, 0.2) is 24.3 Å². The molecule has 22 heavy (non-hydrogen) atoms. The van der Waals surface area contributed by atoms with Crippen LogP contribution in [0.5, 0.6) is 0 Å². The minimum absolute atomic E-state index is 0.0262. The van der Waals surface area contributed by atoms with Gasteiger partial charge in [0.15, 0.2) is 0 Å². The van der Waals surface area contributed by atoms with Gasteiger partial charge < -0.3 is 10.1 Å². The van der Waals surface area contributed by atoms with Crippen molar-refractivity contribution in [1.29, 1.82) is 0 Å². The lowest BCUT2D eigenvalue weighted by atomic mass is 10.1. The van der Waals surface area contributed by atoms with Gasteiger partial charge in [-0.25, -0.2) is 0 Å². The number of nitrogens with zero attached hydrogens (tertiary/aromatic N) is 1. The van der Waals surface area contributed by atoms with Gasteiger partial charge in [0, 0.05) is 13.2 Å². The van der Waals surface area contributed by atoms with Gasteiger partial charge in [-0.1, -0.05) is 12.1 Å². The molecule has 1 N–H and O–H groups in total. The normalized spacial score (nSPS) is 21.9. The van der Waals surface area contributed by atoms with E-state index in [-0.39, 0.29) is 12.0 Å². The van der Waals surface area contributed by atoms with E-state index >= 15 is 0 Å². The number of imide groups is 1. The molecule has 2 atom stereocenters. The van der Waals surface area contributed by atoms with Crippen LogP contribution in [0.4, 0.5) is 0 Å². The fourth-order valence-electron chi connectivity index (χ4n) is 2.84. The molecular weight excluding hydrogens is 284 g/mol. The predicted octanol–water partition coefficient (Wildman–Crippen LogP) is 0.966. The minimum atomic E-state index is -0.839. The van der Waals surface area contributed by atoms with Crippen molar-refractivity contribution in [2.75, 3.05) is 13.2 Å². The van der Waals surface area contributed by atoms with E-state index in [9.17, 15) is 14.4 Å². The molecule has 0 spiro atoms. The standard InChI is InChI=1S/C16H18N2O4/c1-10(14(19)17-9-11-5-4-8-22-11)18-15(20)12-6-2-3-7-13(12)16(18)21/h2-3,6-7,10-11H,4-5,8-9H2,1H3,(H,17,19)/t10-,11-/m0/s1. The number of hydrogen-bond donors (Lipinski definition) is 1. The molecular formula is C16H18N2O4. The topological polar surface area (TPSA) is 75.7 Å². The zero-order valence-corrected chi connectivity index (χ0v) is 12.4. The molecule has 3 rings (SSSR count). The van der Waals surface area contributed by atoms with Crippen LogP contribution in [0.1, 0.15) is 40.5 Å². The van der Waals surface area contributed by atoms with Crippen molar-refractivity contribution in [2.45, 2.75) is 31.9 Å². The highest BCUT2D eigenvalue weighted by Crippen LogP contribution is 2.24. The Bertz CT molecular complexity index is 587. The number of carbonyl (C=O) groups is 3. The monoisotopic (exact) mass is 302 g/mol. The predicted molar refractivity (Wildman–Crippen MR) is 78.4 cm³/mol. The molecule has 2 aliphatic heterocycles. The lowest BCUT2D eigenvalue weighted by molar-refractivity contribution is -0.125. The number of fused-ring (bicyclic) bond motifs is 1. The minimum Gasteiger partial charge on any atom is -0.376 e. The summed E-state index contributed by atoms with van der Waals surface area (Å²) in [7, 11) is 0. The Hall–Kier alpha value is -2.21. The molecule has 0 aliphatic carbocycles. The zero-order chi connectivity index (χ0) is 15.7. The smallest absolute Gasteiger partial charge is 0.262 e. The second-order valence-corrected chi connectivity index (χ2v) is 5.58. The third-order valence-electron chi connectivity index (χ3n) is 4.12. The van der Waals surface area contributed by atoms with Crippen molar-refractivity contribution >= 4 is 17.7 Å². The van der Waals surface area contributed by atoms with E-state index in [1.807, 2.05) is 0 Å². The Morgan fingerprint density at radius 3 is 2.50 bits per heavy atom. The molecule has 0 radical (unpaired) electrons. The third kappa shape index (κ3) is 2.50. The van der Waals surface area contributed by atoms with Crippen molar-refractivity contribution in [3.8, 4) is 0 Å². The highest BCUT2D eigenvalue weighted by molar-refractivity contribution is 6.22. The maximum Gasteiger partial charge on any atom is 0.262 e. The quantitative estimate of drug-likeness (QED) is 0.841. The molecule has 1 aromatic rings. The van der Waals surface area contributed by atoms with Crippen LogP contribution in [-0.4, -0.2) is 47.9 Å². The van der Waals surface area contributed by atoms with Crippen LogP contribution in [0.3, 0.4) is 0 Å². The van der Waals surface area contributed by atoms with Crippen molar-refractivity contribution in [3.05, 3.63) is 35.4 Å². The first kappa shape index (κ1) is 14.7. The van der Waals surface area contributed by atoms with Gasteiger partial charge in [-0.05, 0) is 31.9 Å². The summed E-state index contributed by atoms with van der Waals surface area (Å²) in [5.41, 5.74) is 0.706. The lowest BCUT2D eigenvalue weighted by Crippen LogP contribution is -2.49. The van der Waals surface area contributed by atoms with Crippen molar-refractivity contribution in [1.82, 2.24) is 10.2 Å². The maximum absolute atomic E-state index is 12.3. The fourth-order valence-corrected chi connectivity index (χ4v) is 2.84. The van der Waals surface area contributed by atoms with E-state index in [0.29, 0.717) is 24.3 Å². The largest absolute Gasteiger partial charge is 0.376 e. The first-order valence-corrected chi connectivity index (χ1v) is 7.46. The number of hydrogen-bond acceptors (Lipinski definition) is 4. The van der Waals surface area contributed by atoms with Crippen LogP contribution in [-0.2, 0) is 9.53 Å². The van der Waals surface area contributed by atoms with E-state index in [4.69, 9.17) is 4.74 Å². The second-order valence-electron chi connectivity index (χ2n) is 5.58. The molecule has 6 nitrogen and oxygen atoms in total. The molecule has 1 aromatic carbocycles. The summed E-state index contributed by atoms with van der Waals surface area (Å²) in [6.07, 6.45) is 1.94. The van der Waals surface area contributed by atoms with Crippen LogP contribution < -0.4 is 5.32 Å². The van der Waals surface area contributed by atoms with E-state index in [1.54, 1.807) is 31.2 Å². The van der Waals surface area contributed by atoms with Gasteiger partial charge >= 0.3 is 0 Å². The Labute approximate surface area is 128 Å². The molecule has 6 heteroatoms. The number of rotatable bonds is 4. The Morgan fingerprint density at radius 2 is 1.95 bits per heavy atom. The number of carbonyl (C=O) groups excluding carboxylic acids is 3. The van der Waals surface area contributed by atoms with E-state index < -0.39 is 17.9 Å². The Kier molecular flexibility index (Phi) is 3.94.